The summed E-state index contributed by atoms with van der Waals surface area (Å²) >= 11 is 0. The first kappa shape index (κ1) is 10.0. The minimum absolute atomic E-state index is 1.06. The van der Waals surface area contributed by atoms with Gasteiger partial charge in [-0.05, 0) is 13.3 Å². The molecule has 1 aliphatic heterocycles. The van der Waals surface area contributed by atoms with E-state index >= 15 is 0 Å². The minimum Gasteiger partial charge on any atom is -0.335 e. The van der Waals surface area contributed by atoms with Crippen LogP contribution in [0.1, 0.15) is 46.0 Å². The van der Waals surface area contributed by atoms with Crippen LogP contribution in [-0.4, -0.2) is 19.6 Å². The quantitative estimate of drug-likeness (QED) is 0.596. The average molecular weight is 170 g/mol. The molecular weight excluding hydrogens is 146 g/mol. The fourth-order valence-electron chi connectivity index (χ4n) is 2.27. The van der Waals surface area contributed by atoms with Crippen LogP contribution in [0.15, 0.2) is 0 Å². The van der Waals surface area contributed by atoms with Crippen molar-refractivity contribution >= 4 is 0 Å². The number of rotatable bonds is 5. The molecule has 0 saturated carbocycles. The number of quaternary nitrogens is 1. The van der Waals surface area contributed by atoms with Gasteiger partial charge < -0.3 is 4.90 Å². The summed E-state index contributed by atoms with van der Waals surface area (Å²) in [6.45, 7) is 8.83. The molecule has 1 heterocycles. The zero-order valence-electron chi connectivity index (χ0n) is 8.73. The van der Waals surface area contributed by atoms with Crippen molar-refractivity contribution in [1.29, 1.82) is 0 Å². The van der Waals surface area contributed by atoms with Crippen LogP contribution in [0, 0.1) is 5.92 Å². The third-order valence-electron chi connectivity index (χ3n) is 3.20. The van der Waals surface area contributed by atoms with Gasteiger partial charge in [0, 0.05) is 12.3 Å². The topological polar surface area (TPSA) is 4.44 Å². The fourth-order valence-corrected chi connectivity index (χ4v) is 2.27. The number of hydrogen-bond acceptors (Lipinski definition) is 0. The van der Waals surface area contributed by atoms with Crippen LogP contribution >= 0.6 is 0 Å². The van der Waals surface area contributed by atoms with E-state index in [1.54, 1.807) is 0 Å². The largest absolute Gasteiger partial charge is 0.335 e. The van der Waals surface area contributed by atoms with Gasteiger partial charge in [0.15, 0.2) is 0 Å². The van der Waals surface area contributed by atoms with Gasteiger partial charge in [-0.15, -0.1) is 0 Å². The molecule has 1 fully saturated rings. The molecule has 1 saturated heterocycles. The van der Waals surface area contributed by atoms with Crippen molar-refractivity contribution in [2.45, 2.75) is 46.0 Å². The number of nitrogens with one attached hydrogen (secondary N) is 1. The second kappa shape index (κ2) is 5.58. The second-order valence-electron chi connectivity index (χ2n) is 4.21. The molecule has 0 aromatic carbocycles. The van der Waals surface area contributed by atoms with Crippen molar-refractivity contribution in [2.75, 3.05) is 19.6 Å². The Morgan fingerprint density at radius 3 is 2.67 bits per heavy atom. The molecule has 1 nitrogen and oxygen atoms in total. The Labute approximate surface area is 77.1 Å². The molecule has 0 aliphatic carbocycles. The Balaban J connectivity index is 2.03. The monoisotopic (exact) mass is 170 g/mol. The predicted molar refractivity (Wildman–Crippen MR) is 53.5 cm³/mol. The molecule has 0 amide bonds. The van der Waals surface area contributed by atoms with Gasteiger partial charge in [-0.25, -0.2) is 0 Å². The van der Waals surface area contributed by atoms with Crippen LogP contribution < -0.4 is 4.90 Å². The van der Waals surface area contributed by atoms with Gasteiger partial charge >= 0.3 is 0 Å². The lowest BCUT2D eigenvalue weighted by molar-refractivity contribution is -0.887. The molecule has 2 atom stereocenters. The van der Waals surface area contributed by atoms with E-state index in [4.69, 9.17) is 0 Å². The summed E-state index contributed by atoms with van der Waals surface area (Å²) in [6.07, 6.45) is 7.28. The zero-order valence-corrected chi connectivity index (χ0v) is 8.73. The van der Waals surface area contributed by atoms with Crippen LogP contribution in [0.25, 0.3) is 0 Å². The lowest BCUT2D eigenvalue weighted by Crippen LogP contribution is -3.09. The zero-order chi connectivity index (χ0) is 8.81. The summed E-state index contributed by atoms with van der Waals surface area (Å²) < 4.78 is 0. The SMILES string of the molecule is CCCCCC1CC[NH+](CC)C1. The smallest absolute Gasteiger partial charge is 0.0801 e. The molecule has 0 radical (unpaired) electrons. The molecule has 72 valence electrons. The van der Waals surface area contributed by atoms with E-state index in [9.17, 15) is 0 Å². The number of hydrogen-bond donors (Lipinski definition) is 1. The Bertz CT molecular complexity index is 112. The molecule has 0 aromatic rings. The highest BCUT2D eigenvalue weighted by atomic mass is 15.1. The maximum absolute atomic E-state index is 2.31. The third kappa shape index (κ3) is 3.14. The van der Waals surface area contributed by atoms with Crippen molar-refractivity contribution in [3.63, 3.8) is 0 Å². The summed E-state index contributed by atoms with van der Waals surface area (Å²) in [6, 6.07) is 0. The predicted octanol–water partition coefficient (Wildman–Crippen LogP) is 1.49. The lowest BCUT2D eigenvalue weighted by atomic mass is 10.0. The van der Waals surface area contributed by atoms with E-state index in [2.05, 4.69) is 13.8 Å². The van der Waals surface area contributed by atoms with E-state index in [1.165, 1.54) is 51.7 Å². The Morgan fingerprint density at radius 1 is 1.25 bits per heavy atom. The molecule has 1 heteroatoms. The van der Waals surface area contributed by atoms with Gasteiger partial charge in [-0.3, -0.25) is 0 Å². The highest BCUT2D eigenvalue weighted by Crippen LogP contribution is 2.13. The molecule has 1 rings (SSSR count). The fraction of sp³-hybridized carbons (Fsp3) is 1.00. The van der Waals surface area contributed by atoms with Crippen molar-refractivity contribution < 1.29 is 4.90 Å². The molecule has 1 N–H and O–H groups in total. The van der Waals surface area contributed by atoms with Gasteiger partial charge in [0.2, 0.25) is 0 Å². The average Bonchev–Trinajstić information content (AvgIpc) is 2.53. The Morgan fingerprint density at radius 2 is 2.08 bits per heavy atom. The van der Waals surface area contributed by atoms with Gasteiger partial charge in [0.25, 0.3) is 0 Å². The van der Waals surface area contributed by atoms with Gasteiger partial charge in [0.1, 0.15) is 0 Å². The van der Waals surface area contributed by atoms with Crippen LogP contribution in [0.3, 0.4) is 0 Å². The van der Waals surface area contributed by atoms with Crippen molar-refractivity contribution in [2.24, 2.45) is 5.92 Å². The van der Waals surface area contributed by atoms with Gasteiger partial charge in [-0.2, -0.15) is 0 Å². The van der Waals surface area contributed by atoms with Crippen molar-refractivity contribution in [3.05, 3.63) is 0 Å². The Kier molecular flexibility index (Phi) is 4.67. The van der Waals surface area contributed by atoms with E-state index in [0.717, 1.165) is 5.92 Å². The van der Waals surface area contributed by atoms with E-state index < -0.39 is 0 Å². The van der Waals surface area contributed by atoms with E-state index in [-0.39, 0.29) is 0 Å². The van der Waals surface area contributed by atoms with Crippen LogP contribution in [0.4, 0.5) is 0 Å². The van der Waals surface area contributed by atoms with Crippen LogP contribution in [-0.2, 0) is 0 Å². The Hall–Kier alpha value is -0.0400. The van der Waals surface area contributed by atoms with E-state index in [1.807, 2.05) is 4.90 Å². The standard InChI is InChI=1S/C11H23N/c1-3-5-6-7-11-8-9-12(4-2)10-11/h11H,3-10H2,1-2H3/p+1. The molecule has 2 unspecified atom stereocenters. The lowest BCUT2D eigenvalue weighted by Gasteiger charge is -2.09. The molecule has 0 aromatic heterocycles. The minimum atomic E-state index is 1.06. The summed E-state index contributed by atoms with van der Waals surface area (Å²) in [5, 5.41) is 0. The highest BCUT2D eigenvalue weighted by molar-refractivity contribution is 4.62. The molecule has 1 aliphatic rings. The first-order chi connectivity index (χ1) is 5.86. The highest BCUT2D eigenvalue weighted by Gasteiger charge is 2.23. The van der Waals surface area contributed by atoms with E-state index in [0.29, 0.717) is 0 Å². The third-order valence-corrected chi connectivity index (χ3v) is 3.20. The van der Waals surface area contributed by atoms with Crippen molar-refractivity contribution in [3.8, 4) is 0 Å². The van der Waals surface area contributed by atoms with Crippen LogP contribution in [0.5, 0.6) is 0 Å². The summed E-state index contributed by atoms with van der Waals surface area (Å²) in [5.41, 5.74) is 0. The summed E-state index contributed by atoms with van der Waals surface area (Å²) in [7, 11) is 0. The maximum Gasteiger partial charge on any atom is 0.0801 e. The normalized spacial score (nSPS) is 29.5. The number of likely N-dealkylation sites (tertiary alicyclic amines) is 1. The molecular formula is C11H24N+. The maximum atomic E-state index is 2.31. The first-order valence-electron chi connectivity index (χ1n) is 5.70. The van der Waals surface area contributed by atoms with Crippen LogP contribution in [0.2, 0.25) is 0 Å². The van der Waals surface area contributed by atoms with Crippen molar-refractivity contribution in [1.82, 2.24) is 0 Å². The molecule has 12 heavy (non-hydrogen) atoms. The summed E-state index contributed by atoms with van der Waals surface area (Å²) in [5.74, 6) is 1.06. The first-order valence-corrected chi connectivity index (χ1v) is 5.70. The van der Waals surface area contributed by atoms with Gasteiger partial charge in [0.05, 0.1) is 19.6 Å². The molecule has 0 spiro atoms. The summed E-state index contributed by atoms with van der Waals surface area (Å²) in [4.78, 5) is 1.83. The second-order valence-corrected chi connectivity index (χ2v) is 4.21. The van der Waals surface area contributed by atoms with Gasteiger partial charge in [-0.1, -0.05) is 26.2 Å². The number of unbranched alkanes of at least 4 members (excludes halogenated alkanes) is 2. The molecule has 0 bridgehead atoms.